The smallest absolute Gasteiger partial charge is 0.268 e. The lowest BCUT2D eigenvalue weighted by Gasteiger charge is -1.88. The Morgan fingerprint density at radius 2 is 2.25 bits per heavy atom. The van der Waals surface area contributed by atoms with E-state index >= 15 is 0 Å². The largest absolute Gasteiger partial charge is 0.399 e. The number of rotatable bonds is 0. The maximum absolute atomic E-state index is 11.4. The molecular formula is C8H8N2OS. The van der Waals surface area contributed by atoms with Crippen molar-refractivity contribution in [3.05, 3.63) is 28.6 Å². The van der Waals surface area contributed by atoms with Crippen LogP contribution in [0.15, 0.2) is 23.0 Å². The molecule has 1 aromatic carbocycles. The summed E-state index contributed by atoms with van der Waals surface area (Å²) in [6.07, 6.45) is 0. The maximum atomic E-state index is 11.4. The average molecular weight is 180 g/mol. The Balaban J connectivity index is 2.98. The Hall–Kier alpha value is -1.29. The summed E-state index contributed by atoms with van der Waals surface area (Å²) in [5.41, 5.74) is 6.23. The van der Waals surface area contributed by atoms with E-state index in [1.165, 1.54) is 11.5 Å². The second-order valence-electron chi connectivity index (χ2n) is 2.65. The van der Waals surface area contributed by atoms with E-state index in [9.17, 15) is 4.79 Å². The summed E-state index contributed by atoms with van der Waals surface area (Å²) in [4.78, 5) is 11.4. The second-order valence-corrected chi connectivity index (χ2v) is 3.82. The van der Waals surface area contributed by atoms with Gasteiger partial charge in [0.25, 0.3) is 5.56 Å². The summed E-state index contributed by atoms with van der Waals surface area (Å²) in [7, 11) is 1.75. The van der Waals surface area contributed by atoms with Crippen LogP contribution in [-0.2, 0) is 7.05 Å². The monoisotopic (exact) mass is 180 g/mol. The SMILES string of the molecule is Cn1sc2ccc(N)cc2c1=O. The van der Waals surface area contributed by atoms with Crippen LogP contribution in [0.4, 0.5) is 5.69 Å². The number of benzene rings is 1. The summed E-state index contributed by atoms with van der Waals surface area (Å²) in [5.74, 6) is 0. The van der Waals surface area contributed by atoms with Crippen LogP contribution in [0, 0.1) is 0 Å². The van der Waals surface area contributed by atoms with Crippen molar-refractivity contribution in [2.45, 2.75) is 0 Å². The first kappa shape index (κ1) is 7.36. The number of hydrogen-bond acceptors (Lipinski definition) is 3. The van der Waals surface area contributed by atoms with E-state index in [2.05, 4.69) is 0 Å². The number of hydrogen-bond donors (Lipinski definition) is 1. The molecule has 0 amide bonds. The van der Waals surface area contributed by atoms with E-state index in [1.54, 1.807) is 23.1 Å². The zero-order valence-electron chi connectivity index (χ0n) is 6.57. The van der Waals surface area contributed by atoms with Gasteiger partial charge in [0, 0.05) is 12.7 Å². The van der Waals surface area contributed by atoms with E-state index < -0.39 is 0 Å². The van der Waals surface area contributed by atoms with E-state index in [0.717, 1.165) is 4.70 Å². The van der Waals surface area contributed by atoms with Crippen LogP contribution in [0.3, 0.4) is 0 Å². The summed E-state index contributed by atoms with van der Waals surface area (Å²) in [6.45, 7) is 0. The van der Waals surface area contributed by atoms with Gasteiger partial charge < -0.3 is 5.73 Å². The molecule has 1 aromatic heterocycles. The average Bonchev–Trinajstić information content (AvgIpc) is 2.31. The molecule has 0 saturated heterocycles. The van der Waals surface area contributed by atoms with Crippen LogP contribution < -0.4 is 11.3 Å². The molecule has 3 nitrogen and oxygen atoms in total. The number of nitrogens with two attached hydrogens (primary N) is 1. The molecule has 2 aromatic rings. The second kappa shape index (κ2) is 2.35. The number of aromatic nitrogens is 1. The van der Waals surface area contributed by atoms with Gasteiger partial charge in [-0.05, 0) is 18.2 Å². The maximum Gasteiger partial charge on any atom is 0.268 e. The molecule has 4 heteroatoms. The summed E-state index contributed by atoms with van der Waals surface area (Å²) in [6, 6.07) is 5.39. The first-order valence-corrected chi connectivity index (χ1v) is 4.31. The molecule has 0 aliphatic carbocycles. The van der Waals surface area contributed by atoms with Gasteiger partial charge in [-0.3, -0.25) is 8.75 Å². The fourth-order valence-electron chi connectivity index (χ4n) is 1.15. The zero-order chi connectivity index (χ0) is 8.72. The molecule has 2 rings (SSSR count). The normalized spacial score (nSPS) is 10.8. The Morgan fingerprint density at radius 3 is 3.00 bits per heavy atom. The quantitative estimate of drug-likeness (QED) is 0.619. The van der Waals surface area contributed by atoms with Crippen LogP contribution in [0.5, 0.6) is 0 Å². The summed E-state index contributed by atoms with van der Waals surface area (Å²) < 4.78 is 2.58. The standard InChI is InChI=1S/C8H8N2OS/c1-10-8(11)6-4-5(9)2-3-7(6)12-10/h2-4H,9H2,1H3. The van der Waals surface area contributed by atoms with Gasteiger partial charge in [-0.1, -0.05) is 11.5 Å². The van der Waals surface area contributed by atoms with Crippen molar-refractivity contribution in [1.82, 2.24) is 3.96 Å². The highest BCUT2D eigenvalue weighted by atomic mass is 32.1. The number of fused-ring (bicyclic) bond motifs is 1. The Bertz CT molecular complexity index is 483. The van der Waals surface area contributed by atoms with Crippen molar-refractivity contribution < 1.29 is 0 Å². The molecule has 0 atom stereocenters. The van der Waals surface area contributed by atoms with Crippen molar-refractivity contribution in [3.63, 3.8) is 0 Å². The highest BCUT2D eigenvalue weighted by molar-refractivity contribution is 7.13. The highest BCUT2D eigenvalue weighted by Gasteiger charge is 2.03. The van der Waals surface area contributed by atoms with Gasteiger partial charge >= 0.3 is 0 Å². The summed E-state index contributed by atoms with van der Waals surface area (Å²) in [5, 5.41) is 0.711. The van der Waals surface area contributed by atoms with Crippen LogP contribution in [0.25, 0.3) is 10.1 Å². The Morgan fingerprint density at radius 1 is 1.50 bits per heavy atom. The van der Waals surface area contributed by atoms with Crippen molar-refractivity contribution >= 4 is 27.3 Å². The minimum Gasteiger partial charge on any atom is -0.399 e. The van der Waals surface area contributed by atoms with Crippen LogP contribution in [0.1, 0.15) is 0 Å². The lowest BCUT2D eigenvalue weighted by atomic mass is 10.2. The van der Waals surface area contributed by atoms with E-state index in [4.69, 9.17) is 5.73 Å². The van der Waals surface area contributed by atoms with E-state index in [-0.39, 0.29) is 5.56 Å². The molecule has 0 fully saturated rings. The highest BCUT2D eigenvalue weighted by Crippen LogP contribution is 2.17. The molecule has 0 bridgehead atoms. The zero-order valence-corrected chi connectivity index (χ0v) is 7.39. The van der Waals surface area contributed by atoms with Crippen molar-refractivity contribution in [2.24, 2.45) is 7.05 Å². The van der Waals surface area contributed by atoms with Gasteiger partial charge in [-0.25, -0.2) is 0 Å². The predicted octanol–water partition coefficient (Wildman–Crippen LogP) is 1.18. The molecular weight excluding hydrogens is 172 g/mol. The third-order valence-corrected chi connectivity index (χ3v) is 2.75. The molecule has 0 spiro atoms. The molecule has 62 valence electrons. The lowest BCUT2D eigenvalue weighted by molar-refractivity contribution is 0.989. The third kappa shape index (κ3) is 0.921. The molecule has 1 heterocycles. The van der Waals surface area contributed by atoms with Gasteiger partial charge in [0.15, 0.2) is 0 Å². The fraction of sp³-hybridized carbons (Fsp3) is 0.125. The van der Waals surface area contributed by atoms with Crippen molar-refractivity contribution in [2.75, 3.05) is 5.73 Å². The lowest BCUT2D eigenvalue weighted by Crippen LogP contribution is -2.07. The molecule has 2 N–H and O–H groups in total. The van der Waals surface area contributed by atoms with Crippen LogP contribution in [0.2, 0.25) is 0 Å². The topological polar surface area (TPSA) is 48.0 Å². The minimum absolute atomic E-state index is 0.0299. The van der Waals surface area contributed by atoms with Gasteiger partial charge in [0.05, 0.1) is 10.1 Å². The van der Waals surface area contributed by atoms with Crippen LogP contribution >= 0.6 is 11.5 Å². The molecule has 0 radical (unpaired) electrons. The number of nitrogens with zero attached hydrogens (tertiary/aromatic N) is 1. The predicted molar refractivity (Wildman–Crippen MR) is 51.5 cm³/mol. The van der Waals surface area contributed by atoms with Gasteiger partial charge in [-0.2, -0.15) is 0 Å². The van der Waals surface area contributed by atoms with Crippen molar-refractivity contribution in [1.29, 1.82) is 0 Å². The fourth-order valence-corrected chi connectivity index (χ4v) is 2.00. The Labute approximate surface area is 73.2 Å². The van der Waals surface area contributed by atoms with Gasteiger partial charge in [0.2, 0.25) is 0 Å². The van der Waals surface area contributed by atoms with E-state index in [0.29, 0.717) is 11.1 Å². The molecule has 0 aliphatic heterocycles. The van der Waals surface area contributed by atoms with Crippen molar-refractivity contribution in [3.8, 4) is 0 Å². The molecule has 0 unspecified atom stereocenters. The first-order valence-electron chi connectivity index (χ1n) is 3.54. The van der Waals surface area contributed by atoms with Gasteiger partial charge in [-0.15, -0.1) is 0 Å². The third-order valence-electron chi connectivity index (χ3n) is 1.76. The number of aryl methyl sites for hydroxylation is 1. The molecule has 12 heavy (non-hydrogen) atoms. The van der Waals surface area contributed by atoms with Crippen LogP contribution in [-0.4, -0.2) is 3.96 Å². The number of anilines is 1. The van der Waals surface area contributed by atoms with E-state index in [1.807, 2.05) is 6.07 Å². The molecule has 0 aliphatic rings. The first-order chi connectivity index (χ1) is 5.68. The number of nitrogen functional groups attached to an aromatic ring is 1. The van der Waals surface area contributed by atoms with Gasteiger partial charge in [0.1, 0.15) is 0 Å². The minimum atomic E-state index is 0.0299. The molecule has 0 saturated carbocycles. The Kier molecular flexibility index (Phi) is 1.44. The summed E-state index contributed by atoms with van der Waals surface area (Å²) >= 11 is 1.44.